The van der Waals surface area contributed by atoms with E-state index in [0.717, 1.165) is 23.7 Å². The van der Waals surface area contributed by atoms with Gasteiger partial charge in [0.25, 0.3) is 0 Å². The first kappa shape index (κ1) is 20.0. The molecule has 0 aliphatic carbocycles. The Labute approximate surface area is 161 Å². The quantitative estimate of drug-likeness (QED) is 0.463. The van der Waals surface area contributed by atoms with Crippen LogP contribution in [0.25, 0.3) is 6.08 Å². The van der Waals surface area contributed by atoms with Gasteiger partial charge in [0.05, 0.1) is 7.11 Å². The Balaban J connectivity index is 1.88. The maximum Gasteiger partial charge on any atom is 0.120 e. The van der Waals surface area contributed by atoms with E-state index < -0.39 is 0 Å². The topological polar surface area (TPSA) is 24.5 Å². The highest BCUT2D eigenvalue weighted by Crippen LogP contribution is 2.31. The third-order valence-electron chi connectivity index (χ3n) is 3.84. The molecule has 2 aromatic carbocycles. The van der Waals surface area contributed by atoms with Gasteiger partial charge in [-0.25, -0.2) is 0 Å². The van der Waals surface area contributed by atoms with Gasteiger partial charge in [0.1, 0.15) is 5.75 Å². The second-order valence-corrected chi connectivity index (χ2v) is 7.04. The minimum Gasteiger partial charge on any atom is -0.497 e. The molecule has 0 aliphatic heterocycles. The van der Waals surface area contributed by atoms with Gasteiger partial charge in [-0.05, 0) is 42.8 Å². The molecule has 138 valence electrons. The molecule has 0 radical (unpaired) electrons. The zero-order valence-corrected chi connectivity index (χ0v) is 16.8. The molecule has 0 saturated carbocycles. The van der Waals surface area contributed by atoms with Crippen LogP contribution in [0.3, 0.4) is 0 Å². The third kappa shape index (κ3) is 6.19. The zero-order valence-electron chi connectivity index (χ0n) is 16.0. The number of ether oxygens (including phenoxy) is 1. The first-order chi connectivity index (χ1) is 12.6. The fraction of sp³-hybridized carbons (Fsp3) is 0.273. The molecule has 0 atom stereocenters. The molecule has 0 spiro atoms. The predicted molar refractivity (Wildman–Crippen MR) is 117 cm³/mol. The maximum absolute atomic E-state index is 5.33. The van der Waals surface area contributed by atoms with E-state index in [4.69, 9.17) is 4.74 Å². The average molecular weight is 369 g/mol. The minimum atomic E-state index is 0.888. The van der Waals surface area contributed by atoms with Crippen LogP contribution in [0.5, 0.6) is 5.75 Å². The van der Waals surface area contributed by atoms with E-state index in [-0.39, 0.29) is 0 Å². The lowest BCUT2D eigenvalue weighted by molar-refractivity contribution is 0.414. The smallest absolute Gasteiger partial charge is 0.120 e. The highest BCUT2D eigenvalue weighted by molar-refractivity contribution is 7.99. The van der Waals surface area contributed by atoms with Gasteiger partial charge in [0.2, 0.25) is 0 Å². The molecule has 0 saturated heterocycles. The van der Waals surface area contributed by atoms with Crippen molar-refractivity contribution in [2.24, 2.45) is 0 Å². The third-order valence-corrected chi connectivity index (χ3v) is 4.84. The summed E-state index contributed by atoms with van der Waals surface area (Å²) in [5, 5.41) is 3.40. The first-order valence-electron chi connectivity index (χ1n) is 8.79. The normalized spacial score (nSPS) is 11.2. The Hall–Kier alpha value is -2.33. The highest BCUT2D eigenvalue weighted by atomic mass is 32.2. The summed E-state index contributed by atoms with van der Waals surface area (Å²) in [7, 11) is 5.80. The maximum atomic E-state index is 5.33. The molecular formula is C22H28N2OS. The van der Waals surface area contributed by atoms with Crippen LogP contribution in [0, 0.1) is 0 Å². The van der Waals surface area contributed by atoms with Crippen molar-refractivity contribution in [1.82, 2.24) is 0 Å². The van der Waals surface area contributed by atoms with E-state index in [0.29, 0.717) is 0 Å². The molecule has 4 heteroatoms. The van der Waals surface area contributed by atoms with Crippen molar-refractivity contribution in [3.8, 4) is 5.75 Å². The number of benzene rings is 2. The van der Waals surface area contributed by atoms with E-state index in [9.17, 15) is 0 Å². The Morgan fingerprint density at radius 3 is 2.50 bits per heavy atom. The van der Waals surface area contributed by atoms with Crippen molar-refractivity contribution in [3.05, 3.63) is 66.3 Å². The van der Waals surface area contributed by atoms with Crippen LogP contribution in [0.15, 0.2) is 65.6 Å². The van der Waals surface area contributed by atoms with Crippen LogP contribution in [-0.4, -0.2) is 33.5 Å². The highest BCUT2D eigenvalue weighted by Gasteiger charge is 2.03. The zero-order chi connectivity index (χ0) is 18.8. The average Bonchev–Trinajstić information content (AvgIpc) is 2.66. The second-order valence-electron chi connectivity index (χ2n) is 5.98. The lowest BCUT2D eigenvalue weighted by Crippen LogP contribution is -2.07. The number of nitrogens with one attached hydrogen (secondary N) is 1. The molecule has 26 heavy (non-hydrogen) atoms. The second kappa shape index (κ2) is 10.6. The summed E-state index contributed by atoms with van der Waals surface area (Å²) in [5.74, 6) is 1.80. The number of hydrogen-bond donors (Lipinski definition) is 1. The summed E-state index contributed by atoms with van der Waals surface area (Å²) in [4.78, 5) is 3.31. The van der Waals surface area contributed by atoms with Crippen molar-refractivity contribution < 1.29 is 4.74 Å². The van der Waals surface area contributed by atoms with E-state index in [2.05, 4.69) is 91.9 Å². The monoisotopic (exact) mass is 368 g/mol. The summed E-state index contributed by atoms with van der Waals surface area (Å²) in [5.41, 5.74) is 3.57. The fourth-order valence-corrected chi connectivity index (χ4v) is 3.29. The Bertz CT molecular complexity index is 736. The summed E-state index contributed by atoms with van der Waals surface area (Å²) < 4.78 is 5.33. The molecule has 3 nitrogen and oxygen atoms in total. The van der Waals surface area contributed by atoms with Gasteiger partial charge in [-0.1, -0.05) is 36.4 Å². The minimum absolute atomic E-state index is 0.888. The van der Waals surface area contributed by atoms with Crippen LogP contribution in [-0.2, 0) is 0 Å². The van der Waals surface area contributed by atoms with Crippen LogP contribution in [0.4, 0.5) is 11.4 Å². The molecule has 2 rings (SSSR count). The molecule has 0 aliphatic rings. The Morgan fingerprint density at radius 2 is 1.85 bits per heavy atom. The van der Waals surface area contributed by atoms with Gasteiger partial charge >= 0.3 is 0 Å². The van der Waals surface area contributed by atoms with Crippen molar-refractivity contribution in [1.29, 1.82) is 0 Å². The van der Waals surface area contributed by atoms with E-state index >= 15 is 0 Å². The van der Waals surface area contributed by atoms with Crippen LogP contribution >= 0.6 is 11.8 Å². The lowest BCUT2D eigenvalue weighted by Gasteiger charge is -2.11. The number of methoxy groups -OCH3 is 1. The molecule has 0 unspecified atom stereocenters. The summed E-state index contributed by atoms with van der Waals surface area (Å²) >= 11 is 1.80. The fourth-order valence-electron chi connectivity index (χ4n) is 2.41. The van der Waals surface area contributed by atoms with Gasteiger partial charge in [-0.15, -0.1) is 11.8 Å². The molecular weight excluding hydrogens is 340 g/mol. The van der Waals surface area contributed by atoms with E-state index in [1.165, 1.54) is 16.1 Å². The number of rotatable bonds is 9. The Kier molecular flexibility index (Phi) is 8.16. The molecule has 0 amide bonds. The van der Waals surface area contributed by atoms with Gasteiger partial charge in [-0.2, -0.15) is 0 Å². The van der Waals surface area contributed by atoms with Crippen LogP contribution in [0.1, 0.15) is 12.5 Å². The largest absolute Gasteiger partial charge is 0.497 e. The van der Waals surface area contributed by atoms with Crippen molar-refractivity contribution in [3.63, 3.8) is 0 Å². The standard InChI is InChI=1S/C22H28N2OS/c1-5-23-21-15-14-20(25-4)17-22(21)26-16-8-6-7-9-18-10-12-19(13-11-18)24(2)3/h6-15,17,23H,5,16H2,1-4H3/b8-6+,9-7+. The van der Waals surface area contributed by atoms with Crippen molar-refractivity contribution >= 4 is 29.2 Å². The predicted octanol–water partition coefficient (Wildman–Crippen LogP) is 5.55. The molecule has 0 aromatic heterocycles. The van der Waals surface area contributed by atoms with E-state index in [1.807, 2.05) is 6.07 Å². The summed E-state index contributed by atoms with van der Waals surface area (Å²) in [6.07, 6.45) is 8.47. The van der Waals surface area contributed by atoms with Crippen molar-refractivity contribution in [2.45, 2.75) is 11.8 Å². The van der Waals surface area contributed by atoms with Crippen LogP contribution in [0.2, 0.25) is 0 Å². The molecule has 0 heterocycles. The van der Waals surface area contributed by atoms with Gasteiger partial charge in [0, 0.05) is 42.7 Å². The SMILES string of the molecule is CCNc1ccc(OC)cc1SC/C=C/C=C/c1ccc(N(C)C)cc1. The molecule has 0 bridgehead atoms. The molecule has 1 N–H and O–H groups in total. The van der Waals surface area contributed by atoms with Crippen LogP contribution < -0.4 is 15.0 Å². The lowest BCUT2D eigenvalue weighted by atomic mass is 10.2. The molecule has 2 aromatic rings. The number of thioether (sulfide) groups is 1. The first-order valence-corrected chi connectivity index (χ1v) is 9.78. The molecule has 0 fully saturated rings. The van der Waals surface area contributed by atoms with E-state index in [1.54, 1.807) is 18.9 Å². The van der Waals surface area contributed by atoms with Gasteiger partial charge in [0.15, 0.2) is 0 Å². The number of hydrogen-bond acceptors (Lipinski definition) is 4. The Morgan fingerprint density at radius 1 is 1.08 bits per heavy atom. The van der Waals surface area contributed by atoms with Gasteiger partial charge in [-0.3, -0.25) is 0 Å². The van der Waals surface area contributed by atoms with Crippen molar-refractivity contribution in [2.75, 3.05) is 43.7 Å². The van der Waals surface area contributed by atoms with Gasteiger partial charge < -0.3 is 15.0 Å². The summed E-state index contributed by atoms with van der Waals surface area (Å²) in [6.45, 7) is 3.01. The number of anilines is 2. The number of allylic oxidation sites excluding steroid dienone is 2. The number of nitrogens with zero attached hydrogens (tertiary/aromatic N) is 1. The summed E-state index contributed by atoms with van der Waals surface area (Å²) in [6, 6.07) is 14.7.